The van der Waals surface area contributed by atoms with Gasteiger partial charge in [0.25, 0.3) is 5.91 Å². The highest BCUT2D eigenvalue weighted by molar-refractivity contribution is 7.08. The van der Waals surface area contributed by atoms with E-state index in [0.29, 0.717) is 11.3 Å². The molecule has 2 rings (SSSR count). The maximum Gasteiger partial charge on any atom is 0.269 e. The van der Waals surface area contributed by atoms with E-state index in [4.69, 9.17) is 0 Å². The van der Waals surface area contributed by atoms with Gasteiger partial charge in [-0.05, 0) is 42.4 Å². The van der Waals surface area contributed by atoms with Gasteiger partial charge in [0.15, 0.2) is 0 Å². The Morgan fingerprint density at radius 2 is 2.11 bits per heavy atom. The van der Waals surface area contributed by atoms with Crippen molar-refractivity contribution in [3.05, 3.63) is 39.9 Å². The van der Waals surface area contributed by atoms with Crippen molar-refractivity contribution in [2.24, 2.45) is 0 Å². The summed E-state index contributed by atoms with van der Waals surface area (Å²) in [4.78, 5) is 12.9. The largest absolute Gasteiger partial charge is 0.321 e. The summed E-state index contributed by atoms with van der Waals surface area (Å²) in [5, 5.41) is 6.97. The molecule has 0 bridgehead atoms. The van der Waals surface area contributed by atoms with Crippen LogP contribution in [0.2, 0.25) is 0 Å². The van der Waals surface area contributed by atoms with Crippen molar-refractivity contribution in [2.45, 2.75) is 33.6 Å². The maximum absolute atomic E-state index is 12.3. The molecule has 0 aliphatic rings. The highest BCUT2D eigenvalue weighted by Gasteiger charge is 2.16. The molecule has 0 spiro atoms. The first-order valence-corrected chi connectivity index (χ1v) is 7.15. The fourth-order valence-electron chi connectivity index (χ4n) is 1.98. The fraction of sp³-hybridized carbons (Fsp3) is 0.357. The van der Waals surface area contributed by atoms with Gasteiger partial charge in [0.2, 0.25) is 0 Å². The number of aromatic nitrogens is 2. The van der Waals surface area contributed by atoms with Gasteiger partial charge in [0.1, 0.15) is 4.88 Å². The van der Waals surface area contributed by atoms with Gasteiger partial charge in [-0.3, -0.25) is 4.79 Å². The zero-order chi connectivity index (χ0) is 13.8. The number of rotatable bonds is 4. The lowest BCUT2D eigenvalue weighted by Gasteiger charge is -2.12. The molecule has 5 heteroatoms. The summed E-state index contributed by atoms with van der Waals surface area (Å²) >= 11 is 1.15. The Balaban J connectivity index is 2.29. The minimum atomic E-state index is -0.115. The number of para-hydroxylation sites is 1. The van der Waals surface area contributed by atoms with Gasteiger partial charge in [0.05, 0.1) is 5.69 Å². The second kappa shape index (κ2) is 5.93. The van der Waals surface area contributed by atoms with Gasteiger partial charge in [-0.15, -0.1) is 5.10 Å². The van der Waals surface area contributed by atoms with E-state index < -0.39 is 0 Å². The summed E-state index contributed by atoms with van der Waals surface area (Å²) in [5.41, 5.74) is 3.88. The molecule has 1 amide bonds. The van der Waals surface area contributed by atoms with Gasteiger partial charge in [-0.2, -0.15) is 0 Å². The first kappa shape index (κ1) is 13.7. The SMILES string of the molecule is CCc1cccc(C)c1NC(=O)c1snnc1CC. The van der Waals surface area contributed by atoms with Gasteiger partial charge >= 0.3 is 0 Å². The molecule has 4 nitrogen and oxygen atoms in total. The fourth-order valence-corrected chi connectivity index (χ4v) is 2.63. The first-order chi connectivity index (χ1) is 9.17. The third-order valence-electron chi connectivity index (χ3n) is 3.08. The van der Waals surface area contributed by atoms with E-state index in [1.165, 1.54) is 0 Å². The molecule has 0 radical (unpaired) electrons. The van der Waals surface area contributed by atoms with Gasteiger partial charge < -0.3 is 5.32 Å². The topological polar surface area (TPSA) is 54.9 Å². The molecule has 19 heavy (non-hydrogen) atoms. The molecule has 0 fully saturated rings. The van der Waals surface area contributed by atoms with E-state index in [2.05, 4.69) is 21.8 Å². The van der Waals surface area contributed by atoms with Crippen molar-refractivity contribution >= 4 is 23.1 Å². The summed E-state index contributed by atoms with van der Waals surface area (Å²) < 4.78 is 3.85. The Morgan fingerprint density at radius 3 is 2.79 bits per heavy atom. The molecule has 0 aliphatic heterocycles. The highest BCUT2D eigenvalue weighted by Crippen LogP contribution is 2.23. The molecule has 0 saturated heterocycles. The van der Waals surface area contributed by atoms with Crippen LogP contribution in [0.15, 0.2) is 18.2 Å². The monoisotopic (exact) mass is 275 g/mol. The number of nitrogens with one attached hydrogen (secondary N) is 1. The summed E-state index contributed by atoms with van der Waals surface area (Å²) in [7, 11) is 0. The average molecular weight is 275 g/mol. The van der Waals surface area contributed by atoms with E-state index >= 15 is 0 Å². The van der Waals surface area contributed by atoms with Crippen LogP contribution >= 0.6 is 11.5 Å². The lowest BCUT2D eigenvalue weighted by atomic mass is 10.1. The van der Waals surface area contributed by atoms with E-state index in [1.54, 1.807) is 0 Å². The quantitative estimate of drug-likeness (QED) is 0.932. The lowest BCUT2D eigenvalue weighted by Crippen LogP contribution is -2.14. The average Bonchev–Trinajstić information content (AvgIpc) is 2.89. The smallest absolute Gasteiger partial charge is 0.269 e. The Labute approximate surface area is 117 Å². The molecule has 1 N–H and O–H groups in total. The summed E-state index contributed by atoms with van der Waals surface area (Å²) in [6.45, 7) is 6.05. The van der Waals surface area contributed by atoms with Crippen LogP contribution in [-0.4, -0.2) is 15.5 Å². The zero-order valence-electron chi connectivity index (χ0n) is 11.4. The van der Waals surface area contributed by atoms with Crippen molar-refractivity contribution in [1.29, 1.82) is 0 Å². The number of nitrogens with zero attached hydrogens (tertiary/aromatic N) is 2. The van der Waals surface area contributed by atoms with E-state index in [1.807, 2.05) is 32.0 Å². The molecular weight excluding hydrogens is 258 g/mol. The van der Waals surface area contributed by atoms with Crippen molar-refractivity contribution < 1.29 is 4.79 Å². The Hall–Kier alpha value is -1.75. The second-order valence-electron chi connectivity index (χ2n) is 4.32. The number of aryl methyl sites for hydroxylation is 3. The Kier molecular flexibility index (Phi) is 4.27. The summed E-state index contributed by atoms with van der Waals surface area (Å²) in [6.07, 6.45) is 1.60. The van der Waals surface area contributed by atoms with E-state index in [0.717, 1.165) is 40.5 Å². The third kappa shape index (κ3) is 2.81. The standard InChI is InChI=1S/C14H17N3OS/c1-4-10-8-6-7-9(3)12(10)15-14(18)13-11(5-2)16-17-19-13/h6-8H,4-5H2,1-3H3,(H,15,18). The van der Waals surface area contributed by atoms with Crippen molar-refractivity contribution in [1.82, 2.24) is 9.59 Å². The number of carbonyl (C=O) groups is 1. The van der Waals surface area contributed by atoms with Crippen LogP contribution in [0.4, 0.5) is 5.69 Å². The number of carbonyl (C=O) groups excluding carboxylic acids is 1. The maximum atomic E-state index is 12.3. The summed E-state index contributed by atoms with van der Waals surface area (Å²) in [6, 6.07) is 6.05. The van der Waals surface area contributed by atoms with Crippen molar-refractivity contribution in [2.75, 3.05) is 5.32 Å². The zero-order valence-corrected chi connectivity index (χ0v) is 12.2. The number of anilines is 1. The van der Waals surface area contributed by atoms with Crippen LogP contribution in [0.1, 0.15) is 40.3 Å². The van der Waals surface area contributed by atoms with Crippen LogP contribution in [0.25, 0.3) is 0 Å². The lowest BCUT2D eigenvalue weighted by molar-refractivity contribution is 0.102. The van der Waals surface area contributed by atoms with Crippen molar-refractivity contribution in [3.8, 4) is 0 Å². The van der Waals surface area contributed by atoms with Crippen molar-refractivity contribution in [3.63, 3.8) is 0 Å². The van der Waals surface area contributed by atoms with Crippen LogP contribution in [-0.2, 0) is 12.8 Å². The van der Waals surface area contributed by atoms with Crippen LogP contribution in [0.3, 0.4) is 0 Å². The predicted molar refractivity (Wildman–Crippen MR) is 77.8 cm³/mol. The van der Waals surface area contributed by atoms with Crippen LogP contribution < -0.4 is 5.32 Å². The Morgan fingerprint density at radius 1 is 1.32 bits per heavy atom. The third-order valence-corrected chi connectivity index (χ3v) is 3.84. The normalized spacial score (nSPS) is 10.5. The number of benzene rings is 1. The minimum Gasteiger partial charge on any atom is -0.321 e. The number of hydrogen-bond donors (Lipinski definition) is 1. The van der Waals surface area contributed by atoms with E-state index in [-0.39, 0.29) is 5.91 Å². The molecule has 0 atom stereocenters. The molecule has 1 aromatic carbocycles. The van der Waals surface area contributed by atoms with Gasteiger partial charge in [0, 0.05) is 5.69 Å². The van der Waals surface area contributed by atoms with Gasteiger partial charge in [-0.1, -0.05) is 36.5 Å². The predicted octanol–water partition coefficient (Wildman–Crippen LogP) is 3.22. The summed E-state index contributed by atoms with van der Waals surface area (Å²) in [5.74, 6) is -0.115. The molecule has 0 saturated carbocycles. The Bertz CT molecular complexity index is 592. The number of amides is 1. The number of hydrogen-bond acceptors (Lipinski definition) is 4. The molecular formula is C14H17N3OS. The highest BCUT2D eigenvalue weighted by atomic mass is 32.1. The van der Waals surface area contributed by atoms with Gasteiger partial charge in [-0.25, -0.2) is 0 Å². The van der Waals surface area contributed by atoms with E-state index in [9.17, 15) is 4.79 Å². The second-order valence-corrected chi connectivity index (χ2v) is 5.07. The molecule has 1 aromatic heterocycles. The van der Waals surface area contributed by atoms with Crippen LogP contribution in [0, 0.1) is 6.92 Å². The first-order valence-electron chi connectivity index (χ1n) is 6.38. The molecule has 1 heterocycles. The van der Waals surface area contributed by atoms with Crippen LogP contribution in [0.5, 0.6) is 0 Å². The molecule has 2 aromatic rings. The molecule has 100 valence electrons. The molecule has 0 unspecified atom stereocenters. The minimum absolute atomic E-state index is 0.115. The molecule has 0 aliphatic carbocycles.